The van der Waals surface area contributed by atoms with Crippen molar-refractivity contribution in [3.05, 3.63) is 60.7 Å². The third-order valence-electron chi connectivity index (χ3n) is 3.44. The van der Waals surface area contributed by atoms with E-state index in [-0.39, 0.29) is 5.56 Å². The Hall–Kier alpha value is -2.75. The van der Waals surface area contributed by atoms with Crippen LogP contribution in [-0.4, -0.2) is 24.8 Å². The summed E-state index contributed by atoms with van der Waals surface area (Å²) in [4.78, 5) is 11.5. The van der Waals surface area contributed by atoms with Gasteiger partial charge in [-0.15, -0.1) is 6.58 Å². The predicted molar refractivity (Wildman–Crippen MR) is 90.3 cm³/mol. The Balaban J connectivity index is 2.29. The SMILES string of the molecule is C=CCCCOc1ccc(C(=O)O)c(-c2ccc(OC)cc2)c1. The first kappa shape index (κ1) is 16.6. The fraction of sp³-hybridized carbons (Fsp3) is 0.211. The van der Waals surface area contributed by atoms with E-state index in [9.17, 15) is 9.90 Å². The molecule has 0 aliphatic rings. The molecule has 0 bridgehead atoms. The molecule has 0 radical (unpaired) electrons. The number of rotatable bonds is 8. The molecule has 23 heavy (non-hydrogen) atoms. The van der Waals surface area contributed by atoms with E-state index in [0.29, 0.717) is 17.9 Å². The van der Waals surface area contributed by atoms with Crippen LogP contribution in [-0.2, 0) is 0 Å². The van der Waals surface area contributed by atoms with Gasteiger partial charge in [-0.25, -0.2) is 4.79 Å². The second kappa shape index (κ2) is 8.03. The summed E-state index contributed by atoms with van der Waals surface area (Å²) in [6, 6.07) is 12.3. The summed E-state index contributed by atoms with van der Waals surface area (Å²) in [6.07, 6.45) is 3.61. The third-order valence-corrected chi connectivity index (χ3v) is 3.44. The van der Waals surface area contributed by atoms with Gasteiger partial charge in [0.2, 0.25) is 0 Å². The molecule has 4 nitrogen and oxygen atoms in total. The number of carboxylic acids is 1. The zero-order chi connectivity index (χ0) is 16.7. The van der Waals surface area contributed by atoms with E-state index in [2.05, 4.69) is 6.58 Å². The molecule has 4 heteroatoms. The van der Waals surface area contributed by atoms with Crippen molar-refractivity contribution in [1.29, 1.82) is 0 Å². The highest BCUT2D eigenvalue weighted by molar-refractivity contribution is 5.96. The molecule has 0 aromatic heterocycles. The normalized spacial score (nSPS) is 10.1. The summed E-state index contributed by atoms with van der Waals surface area (Å²) in [5.41, 5.74) is 1.68. The zero-order valence-corrected chi connectivity index (χ0v) is 13.1. The van der Waals surface area contributed by atoms with E-state index in [1.807, 2.05) is 18.2 Å². The number of ether oxygens (including phenoxy) is 2. The summed E-state index contributed by atoms with van der Waals surface area (Å²) in [6.45, 7) is 4.24. The van der Waals surface area contributed by atoms with Crippen molar-refractivity contribution in [1.82, 2.24) is 0 Å². The molecule has 1 N–H and O–H groups in total. The smallest absolute Gasteiger partial charge is 0.336 e. The fourth-order valence-electron chi connectivity index (χ4n) is 2.23. The first-order valence-corrected chi connectivity index (χ1v) is 7.41. The Kier molecular flexibility index (Phi) is 5.80. The summed E-state index contributed by atoms with van der Waals surface area (Å²) in [7, 11) is 1.59. The van der Waals surface area contributed by atoms with Crippen LogP contribution < -0.4 is 9.47 Å². The van der Waals surface area contributed by atoms with E-state index >= 15 is 0 Å². The van der Waals surface area contributed by atoms with Gasteiger partial charge in [0.15, 0.2) is 0 Å². The number of benzene rings is 2. The maximum atomic E-state index is 11.5. The van der Waals surface area contributed by atoms with Gasteiger partial charge in [-0.2, -0.15) is 0 Å². The molecule has 0 saturated heterocycles. The Bertz CT molecular complexity index is 674. The number of allylic oxidation sites excluding steroid dienone is 1. The average molecular weight is 312 g/mol. The van der Waals surface area contributed by atoms with E-state index < -0.39 is 5.97 Å². The first-order valence-electron chi connectivity index (χ1n) is 7.41. The highest BCUT2D eigenvalue weighted by Crippen LogP contribution is 2.29. The molecule has 0 heterocycles. The van der Waals surface area contributed by atoms with E-state index in [1.165, 1.54) is 0 Å². The Morgan fingerprint density at radius 3 is 2.48 bits per heavy atom. The molecule has 2 aromatic carbocycles. The fourth-order valence-corrected chi connectivity index (χ4v) is 2.23. The number of carboxylic acid groups (broad SMARTS) is 1. The monoisotopic (exact) mass is 312 g/mol. The third kappa shape index (κ3) is 4.36. The molecule has 2 rings (SSSR count). The van der Waals surface area contributed by atoms with Crippen molar-refractivity contribution in [2.75, 3.05) is 13.7 Å². The molecule has 0 amide bonds. The van der Waals surface area contributed by atoms with Gasteiger partial charge in [-0.1, -0.05) is 18.2 Å². The average Bonchev–Trinajstić information content (AvgIpc) is 2.58. The highest BCUT2D eigenvalue weighted by Gasteiger charge is 2.13. The lowest BCUT2D eigenvalue weighted by molar-refractivity contribution is 0.0697. The van der Waals surface area contributed by atoms with Crippen LogP contribution in [0.4, 0.5) is 0 Å². The lowest BCUT2D eigenvalue weighted by Crippen LogP contribution is -2.02. The van der Waals surface area contributed by atoms with Crippen molar-refractivity contribution < 1.29 is 19.4 Å². The lowest BCUT2D eigenvalue weighted by atomic mass is 9.99. The van der Waals surface area contributed by atoms with Crippen LogP contribution in [0, 0.1) is 0 Å². The number of hydrogen-bond donors (Lipinski definition) is 1. The maximum Gasteiger partial charge on any atom is 0.336 e. The Morgan fingerprint density at radius 1 is 1.17 bits per heavy atom. The minimum absolute atomic E-state index is 0.244. The maximum absolute atomic E-state index is 11.5. The predicted octanol–water partition coefficient (Wildman–Crippen LogP) is 4.41. The van der Waals surface area contributed by atoms with Crippen LogP contribution >= 0.6 is 0 Å². The molecular weight excluding hydrogens is 292 g/mol. The van der Waals surface area contributed by atoms with Crippen molar-refractivity contribution in [3.63, 3.8) is 0 Å². The molecule has 0 saturated carbocycles. The van der Waals surface area contributed by atoms with Crippen LogP contribution in [0.25, 0.3) is 11.1 Å². The van der Waals surface area contributed by atoms with Gasteiger partial charge >= 0.3 is 5.97 Å². The number of carbonyl (C=O) groups is 1. The zero-order valence-electron chi connectivity index (χ0n) is 13.1. The standard InChI is InChI=1S/C19H20O4/c1-3-4-5-12-23-16-10-11-17(19(20)21)18(13-16)14-6-8-15(22-2)9-7-14/h3,6-11,13H,1,4-5,12H2,2H3,(H,20,21). The minimum atomic E-state index is -0.964. The summed E-state index contributed by atoms with van der Waals surface area (Å²) in [5.74, 6) is 0.418. The number of aromatic carboxylic acids is 1. The summed E-state index contributed by atoms with van der Waals surface area (Å²) >= 11 is 0. The van der Waals surface area contributed by atoms with Crippen LogP contribution in [0.5, 0.6) is 11.5 Å². The van der Waals surface area contributed by atoms with E-state index in [0.717, 1.165) is 24.2 Å². The molecule has 0 spiro atoms. The second-order valence-electron chi connectivity index (χ2n) is 5.02. The molecular formula is C19H20O4. The summed E-state index contributed by atoms with van der Waals surface area (Å²) < 4.78 is 10.8. The molecule has 0 aliphatic carbocycles. The van der Waals surface area contributed by atoms with Crippen molar-refractivity contribution >= 4 is 5.97 Å². The van der Waals surface area contributed by atoms with Gasteiger partial charge < -0.3 is 14.6 Å². The quantitative estimate of drug-likeness (QED) is 0.579. The van der Waals surface area contributed by atoms with Crippen molar-refractivity contribution in [2.45, 2.75) is 12.8 Å². The molecule has 0 atom stereocenters. The van der Waals surface area contributed by atoms with Crippen molar-refractivity contribution in [3.8, 4) is 22.6 Å². The van der Waals surface area contributed by atoms with Crippen molar-refractivity contribution in [2.24, 2.45) is 0 Å². The number of hydrogen-bond acceptors (Lipinski definition) is 3. The van der Waals surface area contributed by atoms with E-state index in [1.54, 1.807) is 37.4 Å². The van der Waals surface area contributed by atoms with Crippen LogP contribution in [0.2, 0.25) is 0 Å². The highest BCUT2D eigenvalue weighted by atomic mass is 16.5. The van der Waals surface area contributed by atoms with Gasteiger partial charge in [0.25, 0.3) is 0 Å². The van der Waals surface area contributed by atoms with Gasteiger partial charge in [-0.05, 0) is 54.3 Å². The summed E-state index contributed by atoms with van der Waals surface area (Å²) in [5, 5.41) is 9.39. The minimum Gasteiger partial charge on any atom is -0.497 e. The number of methoxy groups -OCH3 is 1. The van der Waals surface area contributed by atoms with Crippen LogP contribution in [0.3, 0.4) is 0 Å². The topological polar surface area (TPSA) is 55.8 Å². The Labute approximate surface area is 136 Å². The van der Waals surface area contributed by atoms with Crippen LogP contribution in [0.1, 0.15) is 23.2 Å². The molecule has 120 valence electrons. The molecule has 2 aromatic rings. The van der Waals surface area contributed by atoms with Gasteiger partial charge in [0, 0.05) is 0 Å². The van der Waals surface area contributed by atoms with Gasteiger partial charge in [-0.3, -0.25) is 0 Å². The first-order chi connectivity index (χ1) is 11.2. The van der Waals surface area contributed by atoms with Gasteiger partial charge in [0.1, 0.15) is 11.5 Å². The van der Waals surface area contributed by atoms with E-state index in [4.69, 9.17) is 9.47 Å². The Morgan fingerprint density at radius 2 is 1.87 bits per heavy atom. The molecule has 0 fully saturated rings. The number of unbranched alkanes of at least 4 members (excludes halogenated alkanes) is 1. The largest absolute Gasteiger partial charge is 0.497 e. The lowest BCUT2D eigenvalue weighted by Gasteiger charge is -2.11. The second-order valence-corrected chi connectivity index (χ2v) is 5.02. The van der Waals surface area contributed by atoms with Gasteiger partial charge in [0.05, 0.1) is 19.3 Å². The molecule has 0 aliphatic heterocycles. The van der Waals surface area contributed by atoms with Crippen LogP contribution in [0.15, 0.2) is 55.1 Å². The molecule has 0 unspecified atom stereocenters.